The molecule has 0 radical (unpaired) electrons. The van der Waals surface area contributed by atoms with Crippen LogP contribution in [0.25, 0.3) is 11.0 Å². The number of fused-ring (bicyclic) bond motifs is 1. The summed E-state index contributed by atoms with van der Waals surface area (Å²) in [5.74, 6) is 0. The van der Waals surface area contributed by atoms with Gasteiger partial charge in [-0.25, -0.2) is 8.42 Å². The molecule has 2 aromatic carbocycles. The molecule has 2 heterocycles. The fourth-order valence-corrected chi connectivity index (χ4v) is 5.73. The summed E-state index contributed by atoms with van der Waals surface area (Å²) in [4.78, 5) is 2.52. The number of benzene rings is 2. The summed E-state index contributed by atoms with van der Waals surface area (Å²) in [6.07, 6.45) is 0. The van der Waals surface area contributed by atoms with Crippen molar-refractivity contribution in [1.82, 2.24) is 13.1 Å². The maximum atomic E-state index is 13.2. The number of rotatable bonds is 3. The third-order valence-corrected chi connectivity index (χ3v) is 7.23. The van der Waals surface area contributed by atoms with Gasteiger partial charge in [-0.1, -0.05) is 18.2 Å². The predicted octanol–water partition coefficient (Wildman–Crippen LogP) is 2.90. The van der Waals surface area contributed by atoms with Crippen molar-refractivity contribution >= 4 is 38.5 Å². The number of hydrogen-bond acceptors (Lipinski definition) is 6. The third kappa shape index (κ3) is 2.98. The first-order valence-electron chi connectivity index (χ1n) is 8.51. The lowest BCUT2D eigenvalue weighted by Crippen LogP contribution is -2.53. The monoisotopic (exact) mass is 388 g/mol. The zero-order valence-electron chi connectivity index (χ0n) is 14.7. The van der Waals surface area contributed by atoms with Crippen LogP contribution in [0.4, 0.5) is 5.69 Å². The van der Waals surface area contributed by atoms with Crippen molar-refractivity contribution in [3.8, 4) is 0 Å². The molecule has 3 aromatic rings. The van der Waals surface area contributed by atoms with Crippen LogP contribution in [-0.4, -0.2) is 47.1 Å². The third-order valence-electron chi connectivity index (χ3n) is 4.79. The average molecular weight is 389 g/mol. The highest BCUT2D eigenvalue weighted by Gasteiger charge is 2.33. The molecule has 8 heteroatoms. The van der Waals surface area contributed by atoms with Crippen molar-refractivity contribution in [2.24, 2.45) is 0 Å². The molecular formula is C18H20N4O2S2. The molecule has 1 aliphatic heterocycles. The average Bonchev–Trinajstić information content (AvgIpc) is 3.10. The molecule has 1 aromatic heterocycles. The molecule has 6 nitrogen and oxygen atoms in total. The van der Waals surface area contributed by atoms with Crippen LogP contribution in [-0.2, 0) is 10.0 Å². The van der Waals surface area contributed by atoms with Gasteiger partial charge in [-0.15, -0.1) is 0 Å². The SMILES string of the molecule is Cc1cccc(N2CCN(S(=O)(=O)c3cccc4nsnc34)C[C@H]2C)c1. The van der Waals surface area contributed by atoms with E-state index in [1.54, 1.807) is 22.5 Å². The Morgan fingerprint density at radius 3 is 2.69 bits per heavy atom. The quantitative estimate of drug-likeness (QED) is 0.690. The van der Waals surface area contributed by atoms with E-state index < -0.39 is 10.0 Å². The van der Waals surface area contributed by atoms with Crippen molar-refractivity contribution in [3.63, 3.8) is 0 Å². The van der Waals surface area contributed by atoms with Crippen molar-refractivity contribution in [3.05, 3.63) is 48.0 Å². The number of aryl methyl sites for hydroxylation is 1. The van der Waals surface area contributed by atoms with Gasteiger partial charge in [-0.3, -0.25) is 0 Å². The van der Waals surface area contributed by atoms with E-state index >= 15 is 0 Å². The summed E-state index contributed by atoms with van der Waals surface area (Å²) in [6, 6.07) is 13.6. The smallest absolute Gasteiger partial charge is 0.245 e. The first-order valence-corrected chi connectivity index (χ1v) is 10.7. The molecule has 0 aliphatic carbocycles. The maximum absolute atomic E-state index is 13.2. The normalized spacial score (nSPS) is 19.2. The van der Waals surface area contributed by atoms with Gasteiger partial charge >= 0.3 is 0 Å². The number of sulfonamides is 1. The van der Waals surface area contributed by atoms with E-state index in [1.807, 2.05) is 6.07 Å². The Labute approximate surface area is 157 Å². The Balaban J connectivity index is 1.61. The van der Waals surface area contributed by atoms with Crippen molar-refractivity contribution in [2.45, 2.75) is 24.8 Å². The number of anilines is 1. The minimum Gasteiger partial charge on any atom is -0.366 e. The Bertz CT molecular complexity index is 1050. The van der Waals surface area contributed by atoms with Crippen LogP contribution in [0.2, 0.25) is 0 Å². The molecule has 0 spiro atoms. The van der Waals surface area contributed by atoms with Gasteiger partial charge in [0.2, 0.25) is 10.0 Å². The summed E-state index contributed by atoms with van der Waals surface area (Å²) in [5.41, 5.74) is 3.43. The molecule has 0 unspecified atom stereocenters. The maximum Gasteiger partial charge on any atom is 0.245 e. The van der Waals surface area contributed by atoms with Gasteiger partial charge in [0, 0.05) is 31.4 Å². The van der Waals surface area contributed by atoms with Crippen LogP contribution >= 0.6 is 11.7 Å². The molecule has 26 heavy (non-hydrogen) atoms. The predicted molar refractivity (Wildman–Crippen MR) is 104 cm³/mol. The molecule has 4 rings (SSSR count). The molecule has 0 bridgehead atoms. The Morgan fingerprint density at radius 2 is 1.92 bits per heavy atom. The number of nitrogens with zero attached hydrogens (tertiary/aromatic N) is 4. The number of aromatic nitrogens is 2. The summed E-state index contributed by atoms with van der Waals surface area (Å²) in [7, 11) is -3.59. The van der Waals surface area contributed by atoms with Crippen molar-refractivity contribution in [1.29, 1.82) is 0 Å². The fraction of sp³-hybridized carbons (Fsp3) is 0.333. The second-order valence-corrected chi connectivity index (χ2v) is 9.07. The summed E-state index contributed by atoms with van der Waals surface area (Å²) in [6.45, 7) is 5.69. The second kappa shape index (κ2) is 6.61. The summed E-state index contributed by atoms with van der Waals surface area (Å²) in [5, 5.41) is 0. The number of hydrogen-bond donors (Lipinski definition) is 0. The molecule has 1 fully saturated rings. The van der Waals surface area contributed by atoms with Crippen LogP contribution in [0, 0.1) is 6.92 Å². The van der Waals surface area contributed by atoms with Gasteiger partial charge in [-0.2, -0.15) is 13.1 Å². The first kappa shape index (κ1) is 17.4. The topological polar surface area (TPSA) is 66.4 Å². The Morgan fingerprint density at radius 1 is 1.12 bits per heavy atom. The molecule has 1 saturated heterocycles. The van der Waals surface area contributed by atoms with Crippen LogP contribution in [0.15, 0.2) is 47.4 Å². The molecule has 1 atom stereocenters. The minimum atomic E-state index is -3.59. The highest BCUT2D eigenvalue weighted by Crippen LogP contribution is 2.28. The van der Waals surface area contributed by atoms with Crippen molar-refractivity contribution in [2.75, 3.05) is 24.5 Å². The van der Waals surface area contributed by atoms with E-state index in [-0.39, 0.29) is 10.9 Å². The second-order valence-electron chi connectivity index (χ2n) is 6.63. The number of piperazine rings is 1. The molecule has 0 amide bonds. The lowest BCUT2D eigenvalue weighted by Gasteiger charge is -2.40. The van der Waals surface area contributed by atoms with E-state index in [4.69, 9.17) is 0 Å². The lowest BCUT2D eigenvalue weighted by molar-refractivity contribution is 0.343. The van der Waals surface area contributed by atoms with E-state index in [1.165, 1.54) is 5.56 Å². The van der Waals surface area contributed by atoms with Gasteiger partial charge in [0.1, 0.15) is 15.9 Å². The lowest BCUT2D eigenvalue weighted by atomic mass is 10.1. The van der Waals surface area contributed by atoms with Crippen molar-refractivity contribution < 1.29 is 8.42 Å². The van der Waals surface area contributed by atoms with Gasteiger partial charge in [0.05, 0.1) is 11.7 Å². The zero-order valence-corrected chi connectivity index (χ0v) is 16.3. The molecule has 1 aliphatic rings. The minimum absolute atomic E-state index is 0.0908. The van der Waals surface area contributed by atoms with Crippen LogP contribution in [0.5, 0.6) is 0 Å². The van der Waals surface area contributed by atoms with Crippen LogP contribution in [0.1, 0.15) is 12.5 Å². The van der Waals surface area contributed by atoms with Gasteiger partial charge in [-0.05, 0) is 43.7 Å². The first-order chi connectivity index (χ1) is 12.5. The Hall–Kier alpha value is -2.03. The van der Waals surface area contributed by atoms with E-state index in [0.29, 0.717) is 30.7 Å². The highest BCUT2D eigenvalue weighted by molar-refractivity contribution is 7.89. The van der Waals surface area contributed by atoms with Crippen LogP contribution in [0.3, 0.4) is 0 Å². The highest BCUT2D eigenvalue weighted by atomic mass is 32.2. The molecule has 136 valence electrons. The molecule has 0 N–H and O–H groups in total. The summed E-state index contributed by atoms with van der Waals surface area (Å²) >= 11 is 1.04. The summed E-state index contributed by atoms with van der Waals surface area (Å²) < 4.78 is 36.3. The van der Waals surface area contributed by atoms with Crippen LogP contribution < -0.4 is 4.90 Å². The van der Waals surface area contributed by atoms with Gasteiger partial charge in [0.15, 0.2) is 0 Å². The fourth-order valence-electron chi connectivity index (χ4n) is 3.46. The van der Waals surface area contributed by atoms with Gasteiger partial charge in [0.25, 0.3) is 0 Å². The van der Waals surface area contributed by atoms with E-state index in [0.717, 1.165) is 17.4 Å². The zero-order chi connectivity index (χ0) is 18.3. The molecule has 0 saturated carbocycles. The van der Waals surface area contributed by atoms with Gasteiger partial charge < -0.3 is 4.90 Å². The Kier molecular flexibility index (Phi) is 4.42. The standard InChI is InChI=1S/C18H20N4O2S2/c1-13-5-3-6-15(11-13)22-10-9-21(12-14(22)2)26(23,24)17-8-4-7-16-18(17)20-25-19-16/h3-8,11,14H,9-10,12H2,1-2H3/t14-/m1/s1. The van der Waals surface area contributed by atoms with E-state index in [2.05, 4.69) is 45.7 Å². The molecular weight excluding hydrogens is 368 g/mol. The largest absolute Gasteiger partial charge is 0.366 e. The van der Waals surface area contributed by atoms with E-state index in [9.17, 15) is 8.42 Å².